The second kappa shape index (κ2) is 7.46. The minimum absolute atomic E-state index is 0.0854. The van der Waals surface area contributed by atoms with E-state index in [1.807, 2.05) is 24.4 Å². The lowest BCUT2D eigenvalue weighted by Crippen LogP contribution is -2.54. The fourth-order valence-electron chi connectivity index (χ4n) is 5.13. The summed E-state index contributed by atoms with van der Waals surface area (Å²) in [5.41, 5.74) is 4.34. The summed E-state index contributed by atoms with van der Waals surface area (Å²) >= 11 is 0. The summed E-state index contributed by atoms with van der Waals surface area (Å²) in [6.07, 6.45) is 10.4. The first-order chi connectivity index (χ1) is 16.5. The highest BCUT2D eigenvalue weighted by atomic mass is 15.3. The van der Waals surface area contributed by atoms with Gasteiger partial charge in [-0.05, 0) is 49.4 Å². The summed E-state index contributed by atoms with van der Waals surface area (Å²) in [7, 11) is 0. The molecule has 31 heavy (non-hydrogen) atoms. The van der Waals surface area contributed by atoms with Crippen molar-refractivity contribution < 1.29 is 4.11 Å². The van der Waals surface area contributed by atoms with Crippen molar-refractivity contribution >= 4 is 16.7 Å². The Kier molecular flexibility index (Phi) is 3.74. The van der Waals surface area contributed by atoms with Crippen LogP contribution >= 0.6 is 0 Å². The predicted octanol–water partition coefficient (Wildman–Crippen LogP) is 3.52. The summed E-state index contributed by atoms with van der Waals surface area (Å²) in [6.45, 7) is -2.28. The number of piperidine rings is 2. The lowest BCUT2D eigenvalue weighted by molar-refractivity contribution is 0.219. The third-order valence-electron chi connectivity index (χ3n) is 6.65. The van der Waals surface area contributed by atoms with Gasteiger partial charge in [-0.15, -0.1) is 10.2 Å². The number of hydrogen-bond acceptors (Lipinski definition) is 6. The number of aromatic nitrogens is 6. The van der Waals surface area contributed by atoms with Crippen molar-refractivity contribution in [3.8, 4) is 22.4 Å². The lowest BCUT2D eigenvalue weighted by Gasteiger charge is -2.43. The second-order valence-electron chi connectivity index (χ2n) is 8.57. The average molecular weight is 418 g/mol. The van der Waals surface area contributed by atoms with Crippen LogP contribution in [0.2, 0.25) is 0 Å². The van der Waals surface area contributed by atoms with Crippen LogP contribution in [0, 0.1) is 0 Å². The van der Waals surface area contributed by atoms with Crippen LogP contribution in [-0.2, 0) is 0 Å². The molecule has 1 aromatic carbocycles. The van der Waals surface area contributed by atoms with E-state index >= 15 is 0 Å². The molecular weight excluding hydrogens is 388 g/mol. The molecule has 5 heterocycles. The molecule has 0 radical (unpaired) electrons. The molecule has 6 rings (SSSR count). The van der Waals surface area contributed by atoms with Crippen LogP contribution < -0.4 is 10.2 Å². The van der Waals surface area contributed by atoms with Crippen molar-refractivity contribution in [2.24, 2.45) is 0 Å². The molecule has 8 nitrogen and oxygen atoms in total. The Balaban J connectivity index is 1.33. The Morgan fingerprint density at radius 3 is 2.61 bits per heavy atom. The quantitative estimate of drug-likeness (QED) is 0.470. The van der Waals surface area contributed by atoms with E-state index in [1.165, 1.54) is 11.3 Å². The largest absolute Gasteiger partial charge is 0.355 e. The van der Waals surface area contributed by atoms with Crippen LogP contribution in [-0.4, -0.2) is 55.7 Å². The summed E-state index contributed by atoms with van der Waals surface area (Å²) in [6, 6.07) is 8.26. The van der Waals surface area contributed by atoms with Crippen molar-refractivity contribution in [3.63, 3.8) is 0 Å². The van der Waals surface area contributed by atoms with Crippen LogP contribution in [0.3, 0.4) is 0 Å². The molecule has 8 heteroatoms. The highest BCUT2D eigenvalue weighted by Crippen LogP contribution is 2.34. The zero-order chi connectivity index (χ0) is 23.3. The third-order valence-corrected chi connectivity index (χ3v) is 6.65. The first-order valence-electron chi connectivity index (χ1n) is 12.3. The second-order valence-corrected chi connectivity index (χ2v) is 8.57. The number of anilines is 1. The van der Waals surface area contributed by atoms with Gasteiger partial charge in [-0.25, -0.2) is 0 Å². The van der Waals surface area contributed by atoms with Gasteiger partial charge in [0.15, 0.2) is 5.82 Å². The molecule has 2 bridgehead atoms. The number of aromatic amines is 2. The Bertz CT molecular complexity index is 1270. The van der Waals surface area contributed by atoms with Crippen LogP contribution in [0.4, 0.5) is 5.82 Å². The fourth-order valence-corrected chi connectivity index (χ4v) is 5.13. The number of hydrogen-bond donors (Lipinski definition) is 3. The number of nitrogens with zero attached hydrogens (tertiary/aromatic N) is 5. The van der Waals surface area contributed by atoms with E-state index in [1.54, 1.807) is 18.5 Å². The summed E-state index contributed by atoms with van der Waals surface area (Å²) in [5, 5.41) is 27.6. The minimum atomic E-state index is -2.28. The highest BCUT2D eigenvalue weighted by Gasteiger charge is 2.33. The van der Waals surface area contributed by atoms with E-state index in [2.05, 4.69) is 35.9 Å². The first kappa shape index (κ1) is 15.5. The Morgan fingerprint density at radius 2 is 1.87 bits per heavy atom. The normalized spacial score (nSPS) is 25.0. The smallest absolute Gasteiger partial charge is 0.151 e. The SMILES string of the molecule is [2H]C([2H])([2H])N(c1ccc(-c2ccc(-c3cn[nH]c3)c3cn[nH]c23)nn1)C1C[C@H]2CCC[C@@H](C1)N2. The molecule has 0 saturated carbocycles. The lowest BCUT2D eigenvalue weighted by atomic mass is 9.83. The number of benzene rings is 1. The zero-order valence-electron chi connectivity index (χ0n) is 20.0. The maximum atomic E-state index is 8.22. The van der Waals surface area contributed by atoms with E-state index in [0.29, 0.717) is 23.6 Å². The molecule has 1 unspecified atom stereocenters. The summed E-state index contributed by atoms with van der Waals surface area (Å²) in [4.78, 5) is 1.50. The van der Waals surface area contributed by atoms with Gasteiger partial charge >= 0.3 is 0 Å². The van der Waals surface area contributed by atoms with Gasteiger partial charge in [0, 0.05) is 51.9 Å². The average Bonchev–Trinajstić information content (AvgIpc) is 3.51. The maximum absolute atomic E-state index is 8.22. The molecule has 0 aliphatic carbocycles. The molecule has 0 spiro atoms. The topological polar surface area (TPSA) is 98.4 Å². The van der Waals surface area contributed by atoms with E-state index in [4.69, 9.17) is 4.11 Å². The van der Waals surface area contributed by atoms with Gasteiger partial charge in [0.25, 0.3) is 0 Å². The Morgan fingerprint density at radius 1 is 1.00 bits per heavy atom. The van der Waals surface area contributed by atoms with Gasteiger partial charge in [-0.1, -0.05) is 12.5 Å². The third kappa shape index (κ3) is 3.27. The van der Waals surface area contributed by atoms with E-state index < -0.39 is 6.98 Å². The number of nitrogens with one attached hydrogen (secondary N) is 3. The van der Waals surface area contributed by atoms with Crippen LogP contribution in [0.25, 0.3) is 33.3 Å². The number of H-pyrrole nitrogens is 2. The van der Waals surface area contributed by atoms with Gasteiger partial charge in [0.1, 0.15) is 0 Å². The molecule has 2 fully saturated rings. The summed E-state index contributed by atoms with van der Waals surface area (Å²) in [5.74, 6) is 0.393. The monoisotopic (exact) mass is 417 g/mol. The number of fused-ring (bicyclic) bond motifs is 3. The van der Waals surface area contributed by atoms with Crippen molar-refractivity contribution in [2.75, 3.05) is 11.9 Å². The van der Waals surface area contributed by atoms with Crippen molar-refractivity contribution in [2.45, 2.75) is 50.2 Å². The van der Waals surface area contributed by atoms with E-state index in [0.717, 1.165) is 53.3 Å². The van der Waals surface area contributed by atoms with E-state index in [9.17, 15) is 0 Å². The molecule has 2 aliphatic heterocycles. The first-order valence-corrected chi connectivity index (χ1v) is 10.8. The van der Waals surface area contributed by atoms with Gasteiger partial charge in [0.05, 0.1) is 23.6 Å². The van der Waals surface area contributed by atoms with Gasteiger partial charge < -0.3 is 10.2 Å². The molecule has 4 aromatic rings. The molecule has 2 aliphatic rings. The molecule has 3 N–H and O–H groups in total. The van der Waals surface area contributed by atoms with Crippen LogP contribution in [0.15, 0.2) is 42.9 Å². The minimum Gasteiger partial charge on any atom is -0.355 e. The molecule has 3 aromatic heterocycles. The highest BCUT2D eigenvalue weighted by molar-refractivity contribution is 6.01. The molecule has 2 saturated heterocycles. The molecule has 0 amide bonds. The number of rotatable bonds is 4. The fraction of sp³-hybridized carbons (Fsp3) is 0.391. The van der Waals surface area contributed by atoms with Crippen LogP contribution in [0.1, 0.15) is 36.2 Å². The van der Waals surface area contributed by atoms with Crippen molar-refractivity contribution in [1.82, 2.24) is 35.9 Å². The van der Waals surface area contributed by atoms with Gasteiger partial charge in [-0.3, -0.25) is 10.2 Å². The Labute approximate surface area is 184 Å². The summed E-state index contributed by atoms with van der Waals surface area (Å²) < 4.78 is 24.6. The molecule has 3 atom stereocenters. The van der Waals surface area contributed by atoms with E-state index in [-0.39, 0.29) is 6.04 Å². The van der Waals surface area contributed by atoms with Crippen LogP contribution in [0.5, 0.6) is 0 Å². The van der Waals surface area contributed by atoms with Gasteiger partial charge in [-0.2, -0.15) is 10.2 Å². The Hall–Kier alpha value is -3.26. The van der Waals surface area contributed by atoms with Crippen molar-refractivity contribution in [1.29, 1.82) is 0 Å². The molecule has 158 valence electrons. The zero-order valence-corrected chi connectivity index (χ0v) is 17.0. The maximum Gasteiger partial charge on any atom is 0.151 e. The molecular formula is C23H26N8. The van der Waals surface area contributed by atoms with Gasteiger partial charge in [0.2, 0.25) is 0 Å². The van der Waals surface area contributed by atoms with Crippen molar-refractivity contribution in [3.05, 3.63) is 42.9 Å². The predicted molar refractivity (Wildman–Crippen MR) is 121 cm³/mol. The standard InChI is InChI=1S/C23H26N8/c1-31(17-9-15-3-2-4-16(10-17)27-15)22-8-7-21(28-29-22)19-6-5-18(14-11-24-25-12-14)20-13-26-30-23(19)20/h5-8,11-13,15-17,27H,2-4,9-10H2,1H3,(H,24,25)(H,26,30)/t15-,16+,17?/i1D3.